The molecule has 0 aliphatic heterocycles. The zero-order valence-corrected chi connectivity index (χ0v) is 18.7. The van der Waals surface area contributed by atoms with E-state index in [9.17, 15) is 4.79 Å². The van der Waals surface area contributed by atoms with Crippen LogP contribution < -0.4 is 5.32 Å². The SMILES string of the molecule is CCOC(=O)c1cc(C)nn1-c1cc(Nc2nn(C)c(-c3ccc(C)cc3)c2C)ncn1. The smallest absolute Gasteiger partial charge is 0.357 e. The molecule has 4 rings (SSSR count). The summed E-state index contributed by atoms with van der Waals surface area (Å²) in [6.45, 7) is 7.93. The second-order valence-corrected chi connectivity index (χ2v) is 7.50. The van der Waals surface area contributed by atoms with Crippen molar-refractivity contribution in [1.29, 1.82) is 0 Å². The number of esters is 1. The Kier molecular flexibility index (Phi) is 5.72. The van der Waals surface area contributed by atoms with Gasteiger partial charge in [-0.1, -0.05) is 29.8 Å². The highest BCUT2D eigenvalue weighted by Gasteiger charge is 2.19. The van der Waals surface area contributed by atoms with Gasteiger partial charge in [0.2, 0.25) is 0 Å². The number of aryl methyl sites for hydroxylation is 3. The van der Waals surface area contributed by atoms with Crippen LogP contribution >= 0.6 is 0 Å². The number of anilines is 2. The molecule has 0 aliphatic carbocycles. The molecule has 0 saturated heterocycles. The lowest BCUT2D eigenvalue weighted by atomic mass is 10.1. The molecule has 32 heavy (non-hydrogen) atoms. The van der Waals surface area contributed by atoms with Crippen LogP contribution in [0.4, 0.5) is 11.6 Å². The van der Waals surface area contributed by atoms with Crippen LogP contribution in [0, 0.1) is 20.8 Å². The molecule has 9 nitrogen and oxygen atoms in total. The highest BCUT2D eigenvalue weighted by atomic mass is 16.5. The molecule has 0 atom stereocenters. The molecule has 1 N–H and O–H groups in total. The molecule has 0 amide bonds. The molecule has 0 bridgehead atoms. The van der Waals surface area contributed by atoms with Gasteiger partial charge in [-0.25, -0.2) is 19.4 Å². The third-order valence-electron chi connectivity index (χ3n) is 5.04. The normalized spacial score (nSPS) is 10.9. The Morgan fingerprint density at radius 1 is 1.06 bits per heavy atom. The van der Waals surface area contributed by atoms with Crippen LogP contribution in [-0.2, 0) is 11.8 Å². The molecular weight excluding hydrogens is 406 g/mol. The Bertz CT molecular complexity index is 1270. The van der Waals surface area contributed by atoms with Crippen molar-refractivity contribution in [1.82, 2.24) is 29.5 Å². The number of hydrogen-bond acceptors (Lipinski definition) is 7. The van der Waals surface area contributed by atoms with Gasteiger partial charge in [0.25, 0.3) is 0 Å². The molecule has 164 valence electrons. The quantitative estimate of drug-likeness (QED) is 0.462. The Morgan fingerprint density at radius 2 is 1.81 bits per heavy atom. The molecule has 0 unspecified atom stereocenters. The average molecular weight is 432 g/mol. The van der Waals surface area contributed by atoms with Gasteiger partial charge in [-0.2, -0.15) is 10.2 Å². The van der Waals surface area contributed by atoms with Gasteiger partial charge in [0.05, 0.1) is 18.0 Å². The number of ether oxygens (including phenoxy) is 1. The lowest BCUT2D eigenvalue weighted by Gasteiger charge is -2.08. The number of nitrogens with zero attached hydrogens (tertiary/aromatic N) is 6. The van der Waals surface area contributed by atoms with Crippen LogP contribution in [0.25, 0.3) is 17.1 Å². The van der Waals surface area contributed by atoms with Gasteiger partial charge in [-0.3, -0.25) is 4.68 Å². The number of hydrogen-bond donors (Lipinski definition) is 1. The van der Waals surface area contributed by atoms with Gasteiger partial charge in [0, 0.05) is 24.2 Å². The molecule has 3 aromatic heterocycles. The first-order chi connectivity index (χ1) is 15.4. The number of nitrogens with one attached hydrogen (secondary N) is 1. The second-order valence-electron chi connectivity index (χ2n) is 7.50. The maximum absolute atomic E-state index is 12.3. The van der Waals surface area contributed by atoms with Crippen LogP contribution in [0.2, 0.25) is 0 Å². The van der Waals surface area contributed by atoms with Crippen molar-refractivity contribution >= 4 is 17.6 Å². The predicted octanol–water partition coefficient (Wildman–Crippen LogP) is 3.91. The van der Waals surface area contributed by atoms with Crippen molar-refractivity contribution in [3.63, 3.8) is 0 Å². The fourth-order valence-corrected chi connectivity index (χ4v) is 3.54. The van der Waals surface area contributed by atoms with Crippen LogP contribution in [0.15, 0.2) is 42.7 Å². The maximum Gasteiger partial charge on any atom is 0.357 e. The molecular formula is C23H25N7O2. The minimum atomic E-state index is -0.454. The molecule has 0 aliphatic rings. The van der Waals surface area contributed by atoms with Crippen molar-refractivity contribution in [2.24, 2.45) is 7.05 Å². The highest BCUT2D eigenvalue weighted by molar-refractivity contribution is 5.88. The minimum absolute atomic E-state index is 0.280. The number of carbonyl (C=O) groups is 1. The minimum Gasteiger partial charge on any atom is -0.461 e. The largest absolute Gasteiger partial charge is 0.461 e. The van der Waals surface area contributed by atoms with Crippen LogP contribution in [0.3, 0.4) is 0 Å². The van der Waals surface area contributed by atoms with Crippen LogP contribution in [0.5, 0.6) is 0 Å². The van der Waals surface area contributed by atoms with Gasteiger partial charge in [-0.05, 0) is 33.8 Å². The summed E-state index contributed by atoms with van der Waals surface area (Å²) < 4.78 is 8.45. The van der Waals surface area contributed by atoms with Gasteiger partial charge in [0.15, 0.2) is 17.3 Å². The van der Waals surface area contributed by atoms with E-state index >= 15 is 0 Å². The summed E-state index contributed by atoms with van der Waals surface area (Å²) in [5.74, 6) is 1.22. The predicted molar refractivity (Wildman–Crippen MR) is 121 cm³/mol. The fraction of sp³-hybridized carbons (Fsp3) is 0.261. The van der Waals surface area contributed by atoms with Gasteiger partial charge >= 0.3 is 5.97 Å². The van der Waals surface area contributed by atoms with E-state index in [4.69, 9.17) is 4.74 Å². The second kappa shape index (κ2) is 8.62. The number of aromatic nitrogens is 6. The molecule has 0 spiro atoms. The third-order valence-corrected chi connectivity index (χ3v) is 5.04. The highest BCUT2D eigenvalue weighted by Crippen LogP contribution is 2.29. The molecule has 0 radical (unpaired) electrons. The number of carbonyl (C=O) groups excluding carboxylic acids is 1. The van der Waals surface area contributed by atoms with E-state index in [0.29, 0.717) is 28.8 Å². The van der Waals surface area contributed by atoms with E-state index in [-0.39, 0.29) is 6.61 Å². The molecule has 0 saturated carbocycles. The van der Waals surface area contributed by atoms with Crippen LogP contribution in [-0.4, -0.2) is 42.1 Å². The van der Waals surface area contributed by atoms with E-state index in [0.717, 1.165) is 16.8 Å². The number of benzene rings is 1. The summed E-state index contributed by atoms with van der Waals surface area (Å²) in [7, 11) is 1.91. The third kappa shape index (κ3) is 4.09. The van der Waals surface area contributed by atoms with Crippen molar-refractivity contribution in [2.75, 3.05) is 11.9 Å². The average Bonchev–Trinajstić information content (AvgIpc) is 3.29. The van der Waals surface area contributed by atoms with E-state index < -0.39 is 5.97 Å². The maximum atomic E-state index is 12.3. The topological polar surface area (TPSA) is 99.8 Å². The molecule has 0 fully saturated rings. The zero-order valence-electron chi connectivity index (χ0n) is 18.7. The van der Waals surface area contributed by atoms with Crippen LogP contribution in [0.1, 0.15) is 34.2 Å². The lowest BCUT2D eigenvalue weighted by Crippen LogP contribution is -2.13. The van der Waals surface area contributed by atoms with Crippen molar-refractivity contribution in [3.05, 3.63) is 65.2 Å². The fourth-order valence-electron chi connectivity index (χ4n) is 3.54. The number of rotatable bonds is 6. The van der Waals surface area contributed by atoms with Gasteiger partial charge in [0.1, 0.15) is 12.1 Å². The van der Waals surface area contributed by atoms with E-state index in [2.05, 4.69) is 56.7 Å². The first kappa shape index (κ1) is 21.2. The molecule has 3 heterocycles. The summed E-state index contributed by atoms with van der Waals surface area (Å²) in [6, 6.07) is 11.7. The molecule has 1 aromatic carbocycles. The van der Waals surface area contributed by atoms with E-state index in [1.54, 1.807) is 19.1 Å². The standard InChI is InChI=1S/C23H25N7O2/c1-6-32-23(31)18-11-15(3)27-30(18)20-12-19(24-13-25-20)26-22-16(4)21(29(5)28-22)17-9-7-14(2)8-10-17/h7-13H,6H2,1-5H3,(H,24,25,26,28). The lowest BCUT2D eigenvalue weighted by molar-refractivity contribution is 0.0515. The van der Waals surface area contributed by atoms with Crippen molar-refractivity contribution in [2.45, 2.75) is 27.7 Å². The first-order valence-electron chi connectivity index (χ1n) is 10.3. The Labute approximate surface area is 186 Å². The molecule has 4 aromatic rings. The summed E-state index contributed by atoms with van der Waals surface area (Å²) in [5.41, 5.74) is 5.31. The summed E-state index contributed by atoms with van der Waals surface area (Å²) in [5, 5.41) is 12.3. The first-order valence-corrected chi connectivity index (χ1v) is 10.3. The van der Waals surface area contributed by atoms with E-state index in [1.165, 1.54) is 16.6 Å². The van der Waals surface area contributed by atoms with Gasteiger partial charge in [-0.15, -0.1) is 0 Å². The Morgan fingerprint density at radius 3 is 2.53 bits per heavy atom. The zero-order chi connectivity index (χ0) is 22.8. The Hall–Kier alpha value is -4.01. The summed E-state index contributed by atoms with van der Waals surface area (Å²) in [6.07, 6.45) is 1.42. The van der Waals surface area contributed by atoms with Gasteiger partial charge < -0.3 is 10.1 Å². The van der Waals surface area contributed by atoms with Crippen molar-refractivity contribution < 1.29 is 9.53 Å². The summed E-state index contributed by atoms with van der Waals surface area (Å²) >= 11 is 0. The van der Waals surface area contributed by atoms with E-state index in [1.807, 2.05) is 25.6 Å². The Balaban J connectivity index is 1.66. The van der Waals surface area contributed by atoms with Crippen molar-refractivity contribution in [3.8, 4) is 17.1 Å². The monoisotopic (exact) mass is 431 g/mol. The summed E-state index contributed by atoms with van der Waals surface area (Å²) in [4.78, 5) is 20.9. The molecule has 9 heteroatoms.